The quantitative estimate of drug-likeness (QED) is 0.0975. The van der Waals surface area contributed by atoms with Crippen LogP contribution in [0.5, 0.6) is 0 Å². The molecule has 0 aliphatic heterocycles. The van der Waals surface area contributed by atoms with Crippen LogP contribution < -0.4 is 5.56 Å². The van der Waals surface area contributed by atoms with Crippen molar-refractivity contribution in [3.63, 3.8) is 0 Å². The molecule has 238 valence electrons. The summed E-state index contributed by atoms with van der Waals surface area (Å²) in [6.07, 6.45) is 4.58. The number of thioether (sulfide) groups is 1. The second-order valence-electron chi connectivity index (χ2n) is 10.4. The molecule has 8 nitrogen and oxygen atoms in total. The zero-order valence-corrected chi connectivity index (χ0v) is 27.3. The number of likely N-dealkylation sites (N-methyl/N-ethyl adjacent to an activating group) is 1. The van der Waals surface area contributed by atoms with E-state index in [9.17, 15) is 22.9 Å². The third-order valence-electron chi connectivity index (χ3n) is 7.36. The summed E-state index contributed by atoms with van der Waals surface area (Å²) >= 11 is -0.350. The van der Waals surface area contributed by atoms with Gasteiger partial charge in [-0.2, -0.15) is 4.98 Å². The van der Waals surface area contributed by atoms with Gasteiger partial charge in [-0.15, -0.1) is 0 Å². The van der Waals surface area contributed by atoms with Gasteiger partial charge in [-0.1, -0.05) is 68.1 Å². The second-order valence-corrected chi connectivity index (χ2v) is 12.7. The van der Waals surface area contributed by atoms with Crippen LogP contribution in [0.15, 0.2) is 87.9 Å². The van der Waals surface area contributed by atoms with Gasteiger partial charge in [-0.25, -0.2) is 8.78 Å². The molecule has 0 fully saturated rings. The number of hydrogen-bond donors (Lipinski definition) is 0. The van der Waals surface area contributed by atoms with E-state index in [4.69, 9.17) is 0 Å². The highest BCUT2D eigenvalue weighted by molar-refractivity contribution is 7.98. The molecule has 2 heterocycles. The molecule has 12 heteroatoms. The van der Waals surface area contributed by atoms with E-state index in [0.717, 1.165) is 35.5 Å². The van der Waals surface area contributed by atoms with Gasteiger partial charge in [-0.3, -0.25) is 14.6 Å². The first-order valence-corrected chi connectivity index (χ1v) is 17.2. The number of benzene rings is 2. The van der Waals surface area contributed by atoms with Gasteiger partial charge in [-0.05, 0) is 59.2 Å². The van der Waals surface area contributed by atoms with E-state index in [1.807, 2.05) is 24.3 Å². The van der Waals surface area contributed by atoms with Gasteiger partial charge in [0.05, 0.1) is 11.9 Å². The van der Waals surface area contributed by atoms with Crippen LogP contribution in [-0.4, -0.2) is 67.2 Å². The molecule has 4 rings (SSSR count). The lowest BCUT2D eigenvalue weighted by Gasteiger charge is -2.27. The maximum atomic E-state index is 13.9. The maximum absolute atomic E-state index is 13.9. The van der Waals surface area contributed by atoms with Gasteiger partial charge >= 0.3 is 5.56 Å². The Bertz CT molecular complexity index is 1600. The summed E-state index contributed by atoms with van der Waals surface area (Å²) in [6, 6.07) is 17.0. The summed E-state index contributed by atoms with van der Waals surface area (Å²) in [6.45, 7) is 6.63. The van der Waals surface area contributed by atoms with Crippen LogP contribution in [0.2, 0.25) is 0 Å². The van der Waals surface area contributed by atoms with Gasteiger partial charge in [0.2, 0.25) is 10.8 Å². The summed E-state index contributed by atoms with van der Waals surface area (Å²) < 4.78 is 40.2. The zero-order valence-electron chi connectivity index (χ0n) is 25.6. The Labute approximate surface area is 269 Å². The Hall–Kier alpha value is -3.58. The second kappa shape index (κ2) is 16.6. The predicted octanol–water partition coefficient (Wildman–Crippen LogP) is 5.31. The molecule has 1 unspecified atom stereocenters. The highest BCUT2D eigenvalue weighted by Gasteiger charge is 2.21. The molecular weight excluding hydrogens is 617 g/mol. The summed E-state index contributed by atoms with van der Waals surface area (Å²) in [7, 11) is 0. The first kappa shape index (κ1) is 34.3. The highest BCUT2D eigenvalue weighted by atomic mass is 32.2. The fraction of sp³-hybridized carbons (Fsp3) is 0.333. The molecule has 0 spiro atoms. The fourth-order valence-corrected chi connectivity index (χ4v) is 6.11. The largest absolute Gasteiger partial charge is 0.611 e. The molecule has 1 atom stereocenters. The van der Waals surface area contributed by atoms with Crippen molar-refractivity contribution >= 4 is 28.8 Å². The number of nitrogens with zero attached hydrogens (tertiary/aromatic N) is 5. The van der Waals surface area contributed by atoms with Gasteiger partial charge in [0, 0.05) is 37.1 Å². The fourth-order valence-electron chi connectivity index (χ4n) is 4.63. The van der Waals surface area contributed by atoms with Crippen molar-refractivity contribution in [3.05, 3.63) is 106 Å². The molecular formula is C33H37F2N5O3S2. The van der Waals surface area contributed by atoms with Gasteiger partial charge < -0.3 is 18.9 Å². The van der Waals surface area contributed by atoms with E-state index in [-0.39, 0.29) is 23.2 Å². The molecule has 0 saturated carbocycles. The molecule has 0 bridgehead atoms. The van der Waals surface area contributed by atoms with Crippen molar-refractivity contribution in [1.29, 1.82) is 0 Å². The molecule has 45 heavy (non-hydrogen) atoms. The zero-order chi connectivity index (χ0) is 32.3. The van der Waals surface area contributed by atoms with Crippen LogP contribution in [-0.2, 0) is 41.5 Å². The third-order valence-corrected chi connectivity index (χ3v) is 9.32. The Morgan fingerprint density at radius 2 is 1.64 bits per heavy atom. The van der Waals surface area contributed by atoms with E-state index in [2.05, 4.69) is 28.7 Å². The third kappa shape index (κ3) is 9.70. The van der Waals surface area contributed by atoms with Gasteiger partial charge in [0.15, 0.2) is 5.16 Å². The number of halogens is 2. The maximum Gasteiger partial charge on any atom is 0.329 e. The van der Waals surface area contributed by atoms with E-state index in [1.165, 1.54) is 36.3 Å². The van der Waals surface area contributed by atoms with Crippen LogP contribution >= 0.6 is 11.8 Å². The van der Waals surface area contributed by atoms with Crippen LogP contribution in [0.25, 0.3) is 11.3 Å². The van der Waals surface area contributed by atoms with E-state index >= 15 is 0 Å². The van der Waals surface area contributed by atoms with E-state index in [0.29, 0.717) is 36.1 Å². The van der Waals surface area contributed by atoms with Gasteiger partial charge in [0.25, 0.3) is 0 Å². The smallest absolute Gasteiger partial charge is 0.329 e. The van der Waals surface area contributed by atoms with Crippen molar-refractivity contribution in [3.8, 4) is 11.3 Å². The van der Waals surface area contributed by atoms with Crippen LogP contribution in [0, 0.1) is 5.82 Å². The number of aromatic nitrogens is 3. The lowest BCUT2D eigenvalue weighted by molar-refractivity contribution is -0.132. The molecule has 0 N–H and O–H groups in total. The molecule has 2 aromatic heterocycles. The Kier molecular flexibility index (Phi) is 12.7. The van der Waals surface area contributed by atoms with Gasteiger partial charge in [0.1, 0.15) is 25.3 Å². The molecule has 0 saturated heterocycles. The minimum Gasteiger partial charge on any atom is -0.611 e. The van der Waals surface area contributed by atoms with Crippen LogP contribution in [0.1, 0.15) is 30.5 Å². The number of carbonyl (C=O) groups excluding carboxylic acids is 1. The number of pyridine rings is 1. The van der Waals surface area contributed by atoms with E-state index < -0.39 is 23.4 Å². The summed E-state index contributed by atoms with van der Waals surface area (Å²) in [5, 5.41) is 0.306. The first-order chi connectivity index (χ1) is 21.7. The average molecular weight is 654 g/mol. The minimum absolute atomic E-state index is 0.0166. The normalized spacial score (nSPS) is 12.0. The van der Waals surface area contributed by atoms with Crippen molar-refractivity contribution in [2.45, 2.75) is 49.4 Å². The number of hydrogen-bond acceptors (Lipinski definition) is 7. The Morgan fingerprint density at radius 1 is 0.978 bits per heavy atom. The molecule has 2 aromatic carbocycles. The minimum atomic E-state index is -1.60. The molecule has 1 amide bonds. The molecule has 4 aromatic rings. The summed E-state index contributed by atoms with van der Waals surface area (Å²) in [5.74, 6) is -0.147. The lowest BCUT2D eigenvalue weighted by Crippen LogP contribution is -2.40. The number of carbonyl (C=O) groups is 1. The van der Waals surface area contributed by atoms with E-state index in [1.54, 1.807) is 39.9 Å². The molecule has 0 radical (unpaired) electrons. The standard InChI is InChI=1S/C33H37F2N5O3S2/c1-4-38(5-2)16-17-39(20-26-10-15-29(36-19-26)27-11-6-24(18-34)7-12-27)31(41)22-40-21-30(45(3)43)32(42)37-33(40)44-23-25-8-13-28(35)14-9-25/h6-15,19,21H,4-5,16-18,20,22-23H2,1-3H3. The summed E-state index contributed by atoms with van der Waals surface area (Å²) in [5.41, 5.74) is 3.27. The number of amides is 1. The SMILES string of the molecule is CCN(CC)CCN(Cc1ccc(-c2ccc(CF)cc2)nc1)C(=O)Cn1cc([S+](C)[O-])c(=O)nc1SCc1ccc(F)cc1. The molecule has 0 aliphatic rings. The average Bonchev–Trinajstić information content (AvgIpc) is 3.05. The predicted molar refractivity (Wildman–Crippen MR) is 174 cm³/mol. The highest BCUT2D eigenvalue weighted by Crippen LogP contribution is 2.23. The number of rotatable bonds is 15. The first-order valence-electron chi connectivity index (χ1n) is 14.6. The topological polar surface area (TPSA) is 94.4 Å². The lowest BCUT2D eigenvalue weighted by atomic mass is 10.1. The Balaban J connectivity index is 1.57. The van der Waals surface area contributed by atoms with Crippen molar-refractivity contribution in [2.75, 3.05) is 32.4 Å². The number of alkyl halides is 1. The Morgan fingerprint density at radius 3 is 2.24 bits per heavy atom. The monoisotopic (exact) mass is 653 g/mol. The van der Waals surface area contributed by atoms with Crippen LogP contribution in [0.4, 0.5) is 8.78 Å². The van der Waals surface area contributed by atoms with Crippen molar-refractivity contribution in [1.82, 2.24) is 24.3 Å². The molecule has 0 aliphatic carbocycles. The van der Waals surface area contributed by atoms with Crippen molar-refractivity contribution in [2.24, 2.45) is 0 Å². The van der Waals surface area contributed by atoms with Crippen LogP contribution in [0.3, 0.4) is 0 Å². The van der Waals surface area contributed by atoms with Crippen molar-refractivity contribution < 1.29 is 18.1 Å². The summed E-state index contributed by atoms with van der Waals surface area (Å²) in [4.78, 5) is 39.3.